The largest absolute Gasteiger partial charge is 0.348 e. The Bertz CT molecular complexity index is 534. The summed E-state index contributed by atoms with van der Waals surface area (Å²) in [7, 11) is 0. The zero-order valence-corrected chi connectivity index (χ0v) is 12.2. The molecule has 0 fully saturated rings. The summed E-state index contributed by atoms with van der Waals surface area (Å²) in [5, 5.41) is 13.7. The molecule has 0 heterocycles. The van der Waals surface area contributed by atoms with E-state index in [1.807, 2.05) is 6.92 Å². The second kappa shape index (κ2) is 7.68. The number of hydrogen-bond donors (Lipinski definition) is 2. The number of rotatable bonds is 7. The van der Waals surface area contributed by atoms with Crippen molar-refractivity contribution in [2.45, 2.75) is 39.2 Å². The van der Waals surface area contributed by atoms with Gasteiger partial charge in [0.1, 0.15) is 11.4 Å². The number of amides is 1. The Hall–Kier alpha value is -2.02. The molecule has 0 bridgehead atoms. The number of unbranched alkanes of at least 4 members (excludes halogenated alkanes) is 1. The predicted molar refractivity (Wildman–Crippen MR) is 77.6 cm³/mol. The number of hydrogen-bond acceptors (Lipinski definition) is 4. The molecule has 1 atom stereocenters. The van der Waals surface area contributed by atoms with E-state index in [2.05, 4.69) is 5.32 Å². The van der Waals surface area contributed by atoms with Crippen molar-refractivity contribution in [3.05, 3.63) is 39.2 Å². The van der Waals surface area contributed by atoms with Crippen LogP contribution in [0.1, 0.15) is 42.1 Å². The van der Waals surface area contributed by atoms with Gasteiger partial charge in [0.2, 0.25) is 0 Å². The molecular weight excluding hydrogens is 277 g/mol. The highest BCUT2D eigenvalue weighted by atomic mass is 19.1. The van der Waals surface area contributed by atoms with Crippen molar-refractivity contribution < 1.29 is 14.1 Å². The first-order chi connectivity index (χ1) is 9.90. The molecule has 3 N–H and O–H groups in total. The van der Waals surface area contributed by atoms with Gasteiger partial charge in [-0.15, -0.1) is 0 Å². The number of nitrogens with zero attached hydrogens (tertiary/aromatic N) is 1. The van der Waals surface area contributed by atoms with E-state index in [1.165, 1.54) is 6.92 Å². The van der Waals surface area contributed by atoms with Gasteiger partial charge in [-0.25, -0.2) is 4.39 Å². The normalized spacial score (nSPS) is 12.0. The first-order valence-electron chi connectivity index (χ1n) is 6.86. The summed E-state index contributed by atoms with van der Waals surface area (Å²) in [5.41, 5.74) is 5.04. The van der Waals surface area contributed by atoms with Crippen molar-refractivity contribution in [2.24, 2.45) is 5.73 Å². The van der Waals surface area contributed by atoms with E-state index in [9.17, 15) is 19.3 Å². The second-order valence-electron chi connectivity index (χ2n) is 4.92. The van der Waals surface area contributed by atoms with Crippen LogP contribution in [-0.4, -0.2) is 23.4 Å². The number of nitrogens with one attached hydrogen (secondary N) is 1. The maximum Gasteiger partial charge on any atom is 0.285 e. The van der Waals surface area contributed by atoms with Crippen LogP contribution in [0.2, 0.25) is 0 Å². The molecule has 1 aromatic rings. The van der Waals surface area contributed by atoms with Crippen molar-refractivity contribution in [1.82, 2.24) is 5.32 Å². The van der Waals surface area contributed by atoms with Crippen molar-refractivity contribution >= 4 is 11.6 Å². The number of benzene rings is 1. The zero-order valence-electron chi connectivity index (χ0n) is 12.2. The van der Waals surface area contributed by atoms with E-state index in [-0.39, 0.29) is 29.4 Å². The Morgan fingerprint density at radius 1 is 1.52 bits per heavy atom. The lowest BCUT2D eigenvalue weighted by molar-refractivity contribution is -0.385. The molecule has 116 valence electrons. The average Bonchev–Trinajstić information content (AvgIpc) is 2.41. The molecular formula is C14H20FN3O3. The van der Waals surface area contributed by atoms with Gasteiger partial charge in [-0.3, -0.25) is 14.9 Å². The van der Waals surface area contributed by atoms with Crippen LogP contribution in [0.3, 0.4) is 0 Å². The molecule has 0 radical (unpaired) electrons. The van der Waals surface area contributed by atoms with Crippen molar-refractivity contribution in [2.75, 3.05) is 6.54 Å². The maximum absolute atomic E-state index is 13.4. The summed E-state index contributed by atoms with van der Waals surface area (Å²) in [6.07, 6.45) is 2.51. The number of carbonyl (C=O) groups is 1. The van der Waals surface area contributed by atoms with E-state index in [0.29, 0.717) is 6.42 Å². The fourth-order valence-corrected chi connectivity index (χ4v) is 2.11. The third-order valence-corrected chi connectivity index (χ3v) is 3.22. The third-order valence-electron chi connectivity index (χ3n) is 3.22. The molecule has 6 nitrogen and oxygen atoms in total. The van der Waals surface area contributed by atoms with E-state index in [0.717, 1.165) is 25.0 Å². The maximum atomic E-state index is 13.4. The summed E-state index contributed by atoms with van der Waals surface area (Å²) >= 11 is 0. The number of nitrogens with two attached hydrogens (primary N) is 1. The van der Waals surface area contributed by atoms with E-state index >= 15 is 0 Å². The smallest absolute Gasteiger partial charge is 0.285 e. The highest BCUT2D eigenvalue weighted by Crippen LogP contribution is 2.24. The Morgan fingerprint density at radius 3 is 2.71 bits per heavy atom. The van der Waals surface area contributed by atoms with Gasteiger partial charge >= 0.3 is 0 Å². The molecule has 1 amide bonds. The van der Waals surface area contributed by atoms with Crippen molar-refractivity contribution in [1.29, 1.82) is 0 Å². The van der Waals surface area contributed by atoms with Crippen LogP contribution in [0.5, 0.6) is 0 Å². The number of halogens is 1. The van der Waals surface area contributed by atoms with Crippen molar-refractivity contribution in [3.8, 4) is 0 Å². The van der Waals surface area contributed by atoms with Gasteiger partial charge in [0, 0.05) is 18.2 Å². The van der Waals surface area contributed by atoms with Gasteiger partial charge in [0.15, 0.2) is 0 Å². The first-order valence-corrected chi connectivity index (χ1v) is 6.86. The summed E-state index contributed by atoms with van der Waals surface area (Å²) in [5.74, 6) is -1.35. The van der Waals surface area contributed by atoms with Crippen LogP contribution in [0.25, 0.3) is 0 Å². The SMILES string of the molecule is CCCCC(CN)NC(=O)c1cc(F)cc(C)c1[N+](=O)[O-]. The van der Waals surface area contributed by atoms with Gasteiger partial charge < -0.3 is 11.1 Å². The Labute approximate surface area is 122 Å². The topological polar surface area (TPSA) is 98.3 Å². The fraction of sp³-hybridized carbons (Fsp3) is 0.500. The highest BCUT2D eigenvalue weighted by Gasteiger charge is 2.25. The highest BCUT2D eigenvalue weighted by molar-refractivity contribution is 5.98. The van der Waals surface area contributed by atoms with Crippen LogP contribution in [0.15, 0.2) is 12.1 Å². The number of carbonyl (C=O) groups excluding carboxylic acids is 1. The molecule has 21 heavy (non-hydrogen) atoms. The molecule has 0 saturated heterocycles. The average molecular weight is 297 g/mol. The van der Waals surface area contributed by atoms with Crippen LogP contribution in [-0.2, 0) is 0 Å². The lowest BCUT2D eigenvalue weighted by atomic mass is 10.1. The van der Waals surface area contributed by atoms with Gasteiger partial charge in [0.05, 0.1) is 4.92 Å². The molecule has 0 saturated carbocycles. The third kappa shape index (κ3) is 4.49. The molecule has 1 rings (SSSR count). The minimum Gasteiger partial charge on any atom is -0.348 e. The number of nitro groups is 1. The monoisotopic (exact) mass is 297 g/mol. The quantitative estimate of drug-likeness (QED) is 0.596. The van der Waals surface area contributed by atoms with Crippen LogP contribution in [0.4, 0.5) is 10.1 Å². The summed E-state index contributed by atoms with van der Waals surface area (Å²) in [6, 6.07) is 1.64. The molecule has 0 spiro atoms. The minimum atomic E-state index is -0.680. The van der Waals surface area contributed by atoms with E-state index < -0.39 is 16.6 Å². The lowest BCUT2D eigenvalue weighted by Gasteiger charge is -2.16. The number of nitro benzene ring substituents is 1. The van der Waals surface area contributed by atoms with Crippen molar-refractivity contribution in [3.63, 3.8) is 0 Å². The van der Waals surface area contributed by atoms with Gasteiger partial charge in [-0.2, -0.15) is 0 Å². The van der Waals surface area contributed by atoms with E-state index in [1.54, 1.807) is 0 Å². The Balaban J connectivity index is 3.03. The molecule has 0 aliphatic heterocycles. The van der Waals surface area contributed by atoms with E-state index in [4.69, 9.17) is 5.73 Å². The Morgan fingerprint density at radius 2 is 2.19 bits per heavy atom. The molecule has 7 heteroatoms. The van der Waals surface area contributed by atoms with Crippen LogP contribution >= 0.6 is 0 Å². The second-order valence-corrected chi connectivity index (χ2v) is 4.92. The standard InChI is InChI=1S/C14H20FN3O3/c1-3-4-5-11(8-16)17-14(19)12-7-10(15)6-9(2)13(12)18(20)21/h6-7,11H,3-5,8,16H2,1-2H3,(H,17,19). The van der Waals surface area contributed by atoms with Gasteiger partial charge in [-0.1, -0.05) is 19.8 Å². The molecule has 0 aliphatic rings. The number of aryl methyl sites for hydroxylation is 1. The molecule has 1 unspecified atom stereocenters. The van der Waals surface area contributed by atoms with Crippen LogP contribution in [0, 0.1) is 22.9 Å². The fourth-order valence-electron chi connectivity index (χ4n) is 2.11. The summed E-state index contributed by atoms with van der Waals surface area (Å²) in [6.45, 7) is 3.64. The van der Waals surface area contributed by atoms with Gasteiger partial charge in [-0.05, 0) is 25.5 Å². The molecule has 0 aliphatic carbocycles. The first kappa shape index (κ1) is 17.0. The zero-order chi connectivity index (χ0) is 16.0. The molecule has 0 aromatic heterocycles. The predicted octanol–water partition coefficient (Wildman–Crippen LogP) is 2.29. The van der Waals surface area contributed by atoms with Gasteiger partial charge in [0.25, 0.3) is 11.6 Å². The molecule has 1 aromatic carbocycles. The minimum absolute atomic E-state index is 0.114. The van der Waals surface area contributed by atoms with Crippen LogP contribution < -0.4 is 11.1 Å². The summed E-state index contributed by atoms with van der Waals surface area (Å²) < 4.78 is 13.4. The Kier molecular flexibility index (Phi) is 6.23. The summed E-state index contributed by atoms with van der Waals surface area (Å²) in [4.78, 5) is 22.6. The lowest BCUT2D eigenvalue weighted by Crippen LogP contribution is -2.40.